The first-order valence-electron chi connectivity index (χ1n) is 9.70. The van der Waals surface area contributed by atoms with Gasteiger partial charge in [0.15, 0.2) is 0 Å². The number of benzene rings is 1. The van der Waals surface area contributed by atoms with E-state index < -0.39 is 5.92 Å². The van der Waals surface area contributed by atoms with Gasteiger partial charge in [-0.05, 0) is 41.1 Å². The third-order valence-corrected chi connectivity index (χ3v) is 5.99. The van der Waals surface area contributed by atoms with Gasteiger partial charge in [-0.25, -0.2) is 0 Å². The summed E-state index contributed by atoms with van der Waals surface area (Å²) in [6, 6.07) is 14.7. The predicted molar refractivity (Wildman–Crippen MR) is 115 cm³/mol. The first-order valence-corrected chi connectivity index (χ1v) is 10.6. The van der Waals surface area contributed by atoms with Crippen molar-refractivity contribution in [3.05, 3.63) is 82.3 Å². The van der Waals surface area contributed by atoms with Crippen LogP contribution in [-0.4, -0.2) is 28.2 Å². The SMILES string of the molecule is CC(C)CN1C(=O)c2ccccc2[C@H](C(=O)Nc2cccnc2)[C@H]1c1cccs1. The number of pyridine rings is 1. The highest BCUT2D eigenvalue weighted by molar-refractivity contribution is 7.10. The van der Waals surface area contributed by atoms with Crippen molar-refractivity contribution in [1.29, 1.82) is 0 Å². The summed E-state index contributed by atoms with van der Waals surface area (Å²) in [6.45, 7) is 4.76. The van der Waals surface area contributed by atoms with Crippen LogP contribution >= 0.6 is 11.3 Å². The Balaban J connectivity index is 1.82. The number of aromatic nitrogens is 1. The molecule has 3 heterocycles. The predicted octanol–water partition coefficient (Wildman–Crippen LogP) is 4.72. The minimum atomic E-state index is -0.499. The molecule has 1 aromatic carbocycles. The summed E-state index contributed by atoms with van der Waals surface area (Å²) in [5, 5.41) is 4.99. The quantitative estimate of drug-likeness (QED) is 0.668. The van der Waals surface area contributed by atoms with Crippen LogP contribution in [0.2, 0.25) is 0 Å². The topological polar surface area (TPSA) is 62.3 Å². The Morgan fingerprint density at radius 3 is 2.69 bits per heavy atom. The fourth-order valence-corrected chi connectivity index (χ4v) is 4.78. The van der Waals surface area contributed by atoms with Crippen LogP contribution in [0.15, 0.2) is 66.3 Å². The monoisotopic (exact) mass is 405 g/mol. The lowest BCUT2D eigenvalue weighted by molar-refractivity contribution is -0.119. The standard InChI is InChI=1S/C23H23N3O2S/c1-15(2)14-26-21(19-10-6-12-29-19)20(17-8-3-4-9-18(17)23(26)28)22(27)25-16-7-5-11-24-13-16/h3-13,15,20-21H,14H2,1-2H3,(H,25,27)/t20-,21+/m0/s1. The Hall–Kier alpha value is -2.99. The van der Waals surface area contributed by atoms with Crippen LogP contribution in [0, 0.1) is 5.92 Å². The van der Waals surface area contributed by atoms with Crippen LogP contribution in [0.4, 0.5) is 5.69 Å². The molecule has 2 atom stereocenters. The van der Waals surface area contributed by atoms with Crippen LogP contribution in [0.3, 0.4) is 0 Å². The summed E-state index contributed by atoms with van der Waals surface area (Å²) in [5.74, 6) is -0.363. The summed E-state index contributed by atoms with van der Waals surface area (Å²) in [6.07, 6.45) is 3.30. The minimum Gasteiger partial charge on any atom is -0.329 e. The number of nitrogens with zero attached hydrogens (tertiary/aromatic N) is 2. The number of hydrogen-bond donors (Lipinski definition) is 1. The highest BCUT2D eigenvalue weighted by Crippen LogP contribution is 2.44. The fraction of sp³-hybridized carbons (Fsp3) is 0.261. The number of anilines is 1. The van der Waals surface area contributed by atoms with Crippen LogP contribution in [0.1, 0.15) is 46.6 Å². The fourth-order valence-electron chi connectivity index (χ4n) is 3.90. The van der Waals surface area contributed by atoms with Crippen LogP contribution in [0.25, 0.3) is 0 Å². The van der Waals surface area contributed by atoms with Gasteiger partial charge in [0.2, 0.25) is 5.91 Å². The lowest BCUT2D eigenvalue weighted by Gasteiger charge is -2.42. The summed E-state index contributed by atoms with van der Waals surface area (Å²) in [4.78, 5) is 33.8. The highest BCUT2D eigenvalue weighted by Gasteiger charge is 2.44. The Morgan fingerprint density at radius 1 is 1.17 bits per heavy atom. The maximum atomic E-state index is 13.5. The molecule has 0 aliphatic carbocycles. The van der Waals surface area contributed by atoms with Crippen molar-refractivity contribution in [2.24, 2.45) is 5.92 Å². The average Bonchev–Trinajstić information content (AvgIpc) is 3.24. The molecule has 0 unspecified atom stereocenters. The Kier molecular flexibility index (Phi) is 5.45. The number of rotatable bonds is 5. The molecule has 29 heavy (non-hydrogen) atoms. The van der Waals surface area contributed by atoms with E-state index in [1.807, 2.05) is 52.7 Å². The highest BCUT2D eigenvalue weighted by atomic mass is 32.1. The minimum absolute atomic E-state index is 0.0156. The lowest BCUT2D eigenvalue weighted by atomic mass is 9.81. The molecule has 1 N–H and O–H groups in total. The van der Waals surface area contributed by atoms with Crippen molar-refractivity contribution in [3.8, 4) is 0 Å². The second-order valence-electron chi connectivity index (χ2n) is 7.61. The number of nitrogens with one attached hydrogen (secondary N) is 1. The lowest BCUT2D eigenvalue weighted by Crippen LogP contribution is -2.47. The van der Waals surface area contributed by atoms with Crippen molar-refractivity contribution in [3.63, 3.8) is 0 Å². The van der Waals surface area contributed by atoms with Gasteiger partial charge in [0.25, 0.3) is 5.91 Å². The van der Waals surface area contributed by atoms with E-state index in [0.29, 0.717) is 17.8 Å². The molecule has 4 rings (SSSR count). The number of hydrogen-bond acceptors (Lipinski definition) is 4. The van der Waals surface area contributed by atoms with E-state index in [9.17, 15) is 9.59 Å². The zero-order chi connectivity index (χ0) is 20.4. The summed E-state index contributed by atoms with van der Waals surface area (Å²) >= 11 is 1.58. The molecule has 1 aliphatic rings. The molecule has 0 bridgehead atoms. The smallest absolute Gasteiger partial charge is 0.254 e. The Bertz CT molecular complexity index is 1000. The van der Waals surface area contributed by atoms with Gasteiger partial charge in [-0.15, -0.1) is 11.3 Å². The second kappa shape index (κ2) is 8.17. The number of fused-ring (bicyclic) bond motifs is 1. The van der Waals surface area contributed by atoms with Gasteiger partial charge in [0.1, 0.15) is 0 Å². The van der Waals surface area contributed by atoms with E-state index in [0.717, 1.165) is 10.4 Å². The molecule has 5 nitrogen and oxygen atoms in total. The summed E-state index contributed by atoms with van der Waals surface area (Å²) in [5.41, 5.74) is 2.02. The van der Waals surface area contributed by atoms with Crippen molar-refractivity contribution in [1.82, 2.24) is 9.88 Å². The number of thiophene rings is 1. The van der Waals surface area contributed by atoms with E-state index in [2.05, 4.69) is 24.1 Å². The van der Waals surface area contributed by atoms with Crippen molar-refractivity contribution < 1.29 is 9.59 Å². The zero-order valence-electron chi connectivity index (χ0n) is 16.4. The van der Waals surface area contributed by atoms with Crippen molar-refractivity contribution in [2.75, 3.05) is 11.9 Å². The first-order chi connectivity index (χ1) is 14.1. The summed E-state index contributed by atoms with van der Waals surface area (Å²) < 4.78 is 0. The number of carbonyl (C=O) groups excluding carboxylic acids is 2. The van der Waals surface area contributed by atoms with Crippen LogP contribution in [0.5, 0.6) is 0 Å². The van der Waals surface area contributed by atoms with Crippen LogP contribution < -0.4 is 5.32 Å². The van der Waals surface area contributed by atoms with E-state index in [1.165, 1.54) is 0 Å². The number of amides is 2. The van der Waals surface area contributed by atoms with E-state index >= 15 is 0 Å². The third-order valence-electron chi connectivity index (χ3n) is 5.05. The van der Waals surface area contributed by atoms with Gasteiger partial charge < -0.3 is 10.2 Å². The van der Waals surface area contributed by atoms with Gasteiger partial charge in [0, 0.05) is 23.2 Å². The van der Waals surface area contributed by atoms with Crippen molar-refractivity contribution in [2.45, 2.75) is 25.8 Å². The zero-order valence-corrected chi connectivity index (χ0v) is 17.2. The molecule has 2 aromatic heterocycles. The molecule has 0 fully saturated rings. The summed E-state index contributed by atoms with van der Waals surface area (Å²) in [7, 11) is 0. The molecule has 0 saturated carbocycles. The van der Waals surface area contributed by atoms with Gasteiger partial charge >= 0.3 is 0 Å². The molecule has 0 spiro atoms. The molecular formula is C23H23N3O2S. The molecular weight excluding hydrogens is 382 g/mol. The molecule has 148 valence electrons. The van der Waals surface area contributed by atoms with Gasteiger partial charge in [-0.3, -0.25) is 14.6 Å². The van der Waals surface area contributed by atoms with E-state index in [1.54, 1.807) is 29.8 Å². The second-order valence-corrected chi connectivity index (χ2v) is 8.59. The average molecular weight is 406 g/mol. The molecule has 0 saturated heterocycles. The maximum Gasteiger partial charge on any atom is 0.254 e. The molecule has 0 radical (unpaired) electrons. The number of carbonyl (C=O) groups is 2. The molecule has 2 amide bonds. The van der Waals surface area contributed by atoms with Gasteiger partial charge in [-0.2, -0.15) is 0 Å². The van der Waals surface area contributed by atoms with E-state index in [-0.39, 0.29) is 23.8 Å². The molecule has 1 aliphatic heterocycles. The Morgan fingerprint density at radius 2 is 2.00 bits per heavy atom. The van der Waals surface area contributed by atoms with Crippen molar-refractivity contribution >= 4 is 28.8 Å². The third kappa shape index (κ3) is 3.80. The molecule has 6 heteroatoms. The molecule has 3 aromatic rings. The van der Waals surface area contributed by atoms with Crippen LogP contribution in [-0.2, 0) is 4.79 Å². The van der Waals surface area contributed by atoms with Gasteiger partial charge in [0.05, 0.1) is 23.8 Å². The largest absolute Gasteiger partial charge is 0.329 e. The Labute approximate surface area is 174 Å². The maximum absolute atomic E-state index is 13.5. The first kappa shape index (κ1) is 19.3. The normalized spacial score (nSPS) is 18.6. The van der Waals surface area contributed by atoms with E-state index in [4.69, 9.17) is 0 Å². The van der Waals surface area contributed by atoms with Gasteiger partial charge in [-0.1, -0.05) is 38.1 Å².